The lowest BCUT2D eigenvalue weighted by molar-refractivity contribution is 0.593. The van der Waals surface area contributed by atoms with E-state index in [0.717, 1.165) is 5.92 Å². The van der Waals surface area contributed by atoms with Crippen LogP contribution in [0.2, 0.25) is 0 Å². The smallest absolute Gasteiger partial charge is 0.0494 e. The Hall–Kier alpha value is -2.02. The monoisotopic (exact) mass is 303 g/mol. The van der Waals surface area contributed by atoms with Crippen LogP contribution < -0.4 is 0 Å². The molecular formula is C22H25N. The molecule has 0 aliphatic heterocycles. The highest BCUT2D eigenvalue weighted by molar-refractivity contribution is 5.90. The van der Waals surface area contributed by atoms with Crippen molar-refractivity contribution >= 4 is 10.9 Å². The molecule has 0 bridgehead atoms. The highest BCUT2D eigenvalue weighted by atomic mass is 14.7. The number of para-hydroxylation sites is 1. The largest absolute Gasteiger partial charge is 0.354 e. The topological polar surface area (TPSA) is 15.8 Å². The SMILES string of the molecule is Cc1c(-c2cccc(C3CCCCCC3)c2)[nH]c2ccccc12. The number of hydrogen-bond acceptors (Lipinski definition) is 0. The second-order valence-corrected chi connectivity index (χ2v) is 6.98. The van der Waals surface area contributed by atoms with Crippen LogP contribution in [-0.4, -0.2) is 4.98 Å². The maximum absolute atomic E-state index is 3.62. The molecular weight excluding hydrogens is 278 g/mol. The fraction of sp³-hybridized carbons (Fsp3) is 0.364. The number of benzene rings is 2. The van der Waals surface area contributed by atoms with Gasteiger partial charge in [0.2, 0.25) is 0 Å². The van der Waals surface area contributed by atoms with Crippen molar-refractivity contribution in [1.29, 1.82) is 0 Å². The third-order valence-corrected chi connectivity index (χ3v) is 5.47. The van der Waals surface area contributed by atoms with Crippen LogP contribution in [0.15, 0.2) is 48.5 Å². The molecule has 1 aliphatic carbocycles. The molecule has 1 aliphatic rings. The van der Waals surface area contributed by atoms with Gasteiger partial charge in [0.25, 0.3) is 0 Å². The van der Waals surface area contributed by atoms with Gasteiger partial charge in [-0.1, -0.05) is 62.1 Å². The fourth-order valence-electron chi connectivity index (χ4n) is 4.13. The normalized spacial score (nSPS) is 16.6. The van der Waals surface area contributed by atoms with E-state index in [2.05, 4.69) is 60.4 Å². The van der Waals surface area contributed by atoms with Crippen molar-refractivity contribution in [3.05, 3.63) is 59.7 Å². The molecule has 1 saturated carbocycles. The molecule has 3 aromatic rings. The molecule has 118 valence electrons. The van der Waals surface area contributed by atoms with E-state index in [0.29, 0.717) is 0 Å². The lowest BCUT2D eigenvalue weighted by Crippen LogP contribution is -1.97. The fourth-order valence-corrected chi connectivity index (χ4v) is 4.13. The first-order valence-electron chi connectivity index (χ1n) is 9.00. The summed E-state index contributed by atoms with van der Waals surface area (Å²) >= 11 is 0. The highest BCUT2D eigenvalue weighted by Gasteiger charge is 2.16. The first-order valence-corrected chi connectivity index (χ1v) is 9.00. The van der Waals surface area contributed by atoms with Crippen molar-refractivity contribution < 1.29 is 0 Å². The number of aryl methyl sites for hydroxylation is 1. The van der Waals surface area contributed by atoms with Gasteiger partial charge in [-0.05, 0) is 54.5 Å². The quantitative estimate of drug-likeness (QED) is 0.514. The van der Waals surface area contributed by atoms with Gasteiger partial charge in [0, 0.05) is 16.6 Å². The number of H-pyrrole nitrogens is 1. The Balaban J connectivity index is 1.73. The lowest BCUT2D eigenvalue weighted by Gasteiger charge is -2.15. The predicted molar refractivity (Wildman–Crippen MR) is 98.9 cm³/mol. The third kappa shape index (κ3) is 2.81. The van der Waals surface area contributed by atoms with Crippen molar-refractivity contribution in [3.63, 3.8) is 0 Å². The summed E-state index contributed by atoms with van der Waals surface area (Å²) in [6.07, 6.45) is 8.32. The van der Waals surface area contributed by atoms with Crippen molar-refractivity contribution in [2.24, 2.45) is 0 Å². The molecule has 1 aromatic heterocycles. The summed E-state index contributed by atoms with van der Waals surface area (Å²) in [5.74, 6) is 0.752. The second kappa shape index (κ2) is 6.23. The first kappa shape index (κ1) is 14.6. The third-order valence-electron chi connectivity index (χ3n) is 5.47. The van der Waals surface area contributed by atoms with E-state index in [1.807, 2.05) is 0 Å². The highest BCUT2D eigenvalue weighted by Crippen LogP contribution is 2.35. The number of nitrogens with one attached hydrogen (secondary N) is 1. The minimum absolute atomic E-state index is 0.752. The van der Waals surface area contributed by atoms with E-state index in [4.69, 9.17) is 0 Å². The molecule has 0 spiro atoms. The summed E-state index contributed by atoms with van der Waals surface area (Å²) in [5.41, 5.74) is 6.74. The Morgan fingerprint density at radius 1 is 0.870 bits per heavy atom. The molecule has 1 nitrogen and oxygen atoms in total. The first-order chi connectivity index (χ1) is 11.3. The Morgan fingerprint density at radius 3 is 2.43 bits per heavy atom. The summed E-state index contributed by atoms with van der Waals surface area (Å²) in [6, 6.07) is 17.8. The van der Waals surface area contributed by atoms with E-state index in [1.165, 1.54) is 71.8 Å². The maximum atomic E-state index is 3.62. The van der Waals surface area contributed by atoms with Gasteiger partial charge in [-0.2, -0.15) is 0 Å². The Kier molecular flexibility index (Phi) is 3.95. The van der Waals surface area contributed by atoms with E-state index < -0.39 is 0 Å². The molecule has 1 heterocycles. The van der Waals surface area contributed by atoms with Crippen LogP contribution in [-0.2, 0) is 0 Å². The van der Waals surface area contributed by atoms with Crippen LogP contribution in [0.1, 0.15) is 55.6 Å². The molecule has 4 rings (SSSR count). The minimum Gasteiger partial charge on any atom is -0.354 e. The van der Waals surface area contributed by atoms with Gasteiger partial charge in [0.1, 0.15) is 0 Å². The molecule has 0 amide bonds. The maximum Gasteiger partial charge on any atom is 0.0494 e. The average Bonchev–Trinajstić information content (AvgIpc) is 2.78. The summed E-state index contributed by atoms with van der Waals surface area (Å²) in [7, 11) is 0. The van der Waals surface area contributed by atoms with Crippen molar-refractivity contribution in [2.45, 2.75) is 51.4 Å². The van der Waals surface area contributed by atoms with Gasteiger partial charge in [0.15, 0.2) is 0 Å². The molecule has 1 heteroatoms. The average molecular weight is 303 g/mol. The number of aromatic nitrogens is 1. The molecule has 1 N–H and O–H groups in total. The molecule has 0 radical (unpaired) electrons. The number of fused-ring (bicyclic) bond motifs is 1. The van der Waals surface area contributed by atoms with Crippen LogP contribution in [0.25, 0.3) is 22.2 Å². The number of rotatable bonds is 2. The Morgan fingerprint density at radius 2 is 1.65 bits per heavy atom. The van der Waals surface area contributed by atoms with E-state index in [-0.39, 0.29) is 0 Å². The summed E-state index contributed by atoms with van der Waals surface area (Å²) in [6.45, 7) is 2.23. The van der Waals surface area contributed by atoms with Crippen molar-refractivity contribution in [1.82, 2.24) is 4.98 Å². The van der Waals surface area contributed by atoms with Crippen molar-refractivity contribution in [3.8, 4) is 11.3 Å². The summed E-state index contributed by atoms with van der Waals surface area (Å²) in [5, 5.41) is 1.34. The van der Waals surface area contributed by atoms with Gasteiger partial charge < -0.3 is 4.98 Å². The van der Waals surface area contributed by atoms with Gasteiger partial charge in [-0.25, -0.2) is 0 Å². The minimum atomic E-state index is 0.752. The predicted octanol–water partition coefficient (Wildman–Crippen LogP) is 6.58. The van der Waals surface area contributed by atoms with Gasteiger partial charge >= 0.3 is 0 Å². The van der Waals surface area contributed by atoms with Crippen LogP contribution >= 0.6 is 0 Å². The molecule has 1 fully saturated rings. The van der Waals surface area contributed by atoms with E-state index >= 15 is 0 Å². The van der Waals surface area contributed by atoms with Crippen LogP contribution in [0.3, 0.4) is 0 Å². The second-order valence-electron chi connectivity index (χ2n) is 6.98. The molecule has 0 saturated heterocycles. The lowest BCUT2D eigenvalue weighted by atomic mass is 9.90. The zero-order chi connectivity index (χ0) is 15.6. The Labute approximate surface area is 138 Å². The van der Waals surface area contributed by atoms with Gasteiger partial charge in [0.05, 0.1) is 0 Å². The molecule has 2 aromatic carbocycles. The summed E-state index contributed by atoms with van der Waals surface area (Å²) < 4.78 is 0. The molecule has 0 atom stereocenters. The summed E-state index contributed by atoms with van der Waals surface area (Å²) in [4.78, 5) is 3.62. The van der Waals surface area contributed by atoms with Crippen LogP contribution in [0.5, 0.6) is 0 Å². The van der Waals surface area contributed by atoms with Crippen LogP contribution in [0, 0.1) is 6.92 Å². The zero-order valence-electron chi connectivity index (χ0n) is 13.9. The standard InChI is InChI=1S/C22H25N/c1-16-20-13-6-7-14-21(20)23-22(16)19-12-8-11-18(15-19)17-9-4-2-3-5-10-17/h6-8,11-15,17,23H,2-5,9-10H2,1H3. The number of hydrogen-bond donors (Lipinski definition) is 1. The Bertz CT molecular complexity index is 804. The molecule has 0 unspecified atom stereocenters. The van der Waals surface area contributed by atoms with Crippen LogP contribution in [0.4, 0.5) is 0 Å². The van der Waals surface area contributed by atoms with E-state index in [1.54, 1.807) is 0 Å². The zero-order valence-corrected chi connectivity index (χ0v) is 13.9. The van der Waals surface area contributed by atoms with E-state index in [9.17, 15) is 0 Å². The van der Waals surface area contributed by atoms with Crippen molar-refractivity contribution in [2.75, 3.05) is 0 Å². The number of aromatic amines is 1. The van der Waals surface area contributed by atoms with Gasteiger partial charge in [-0.15, -0.1) is 0 Å². The van der Waals surface area contributed by atoms with Gasteiger partial charge in [-0.3, -0.25) is 0 Å². The molecule has 23 heavy (non-hydrogen) atoms.